The van der Waals surface area contributed by atoms with Gasteiger partial charge in [0.05, 0.1) is 16.9 Å². The van der Waals surface area contributed by atoms with Gasteiger partial charge in [-0.2, -0.15) is 12.7 Å². The summed E-state index contributed by atoms with van der Waals surface area (Å²) >= 11 is 0. The molecule has 0 atom stereocenters. The summed E-state index contributed by atoms with van der Waals surface area (Å²) in [6.45, 7) is 3.06. The normalized spacial score (nSPS) is 11.4. The van der Waals surface area contributed by atoms with Crippen LogP contribution in [0, 0.1) is 5.82 Å². The van der Waals surface area contributed by atoms with Gasteiger partial charge in [-0.15, -0.1) is 0 Å². The fourth-order valence-electron chi connectivity index (χ4n) is 2.56. The summed E-state index contributed by atoms with van der Waals surface area (Å²) in [7, 11) is -1.37. The maximum absolute atomic E-state index is 13.3. The van der Waals surface area contributed by atoms with Gasteiger partial charge in [0.1, 0.15) is 12.4 Å². The van der Waals surface area contributed by atoms with E-state index in [0.29, 0.717) is 0 Å². The first-order valence-electron chi connectivity index (χ1n) is 9.18. The Labute approximate surface area is 175 Å². The van der Waals surface area contributed by atoms with Crippen LogP contribution in [0.25, 0.3) is 0 Å². The Morgan fingerprint density at radius 3 is 2.20 bits per heavy atom. The summed E-state index contributed by atoms with van der Waals surface area (Å²) in [5, 5.41) is 5.33. The molecule has 162 valence electrons. The Morgan fingerprint density at radius 2 is 1.63 bits per heavy atom. The van der Waals surface area contributed by atoms with E-state index in [1.807, 2.05) is 13.8 Å². The molecule has 8 nitrogen and oxygen atoms in total. The molecule has 30 heavy (non-hydrogen) atoms. The lowest BCUT2D eigenvalue weighted by Gasteiger charge is -2.27. The van der Waals surface area contributed by atoms with Gasteiger partial charge in [-0.25, -0.2) is 8.70 Å². The summed E-state index contributed by atoms with van der Waals surface area (Å²) in [5.74, 6) is -1.55. The summed E-state index contributed by atoms with van der Waals surface area (Å²) in [4.78, 5) is 25.1. The maximum Gasteiger partial charge on any atom is 0.304 e. The first-order chi connectivity index (χ1) is 14.0. The molecule has 0 fully saturated rings. The van der Waals surface area contributed by atoms with Gasteiger partial charge in [0.2, 0.25) is 5.91 Å². The van der Waals surface area contributed by atoms with E-state index in [-0.39, 0.29) is 28.9 Å². The minimum atomic E-state index is -4.03. The van der Waals surface area contributed by atoms with E-state index in [4.69, 9.17) is 0 Å². The third-order valence-electron chi connectivity index (χ3n) is 4.01. The van der Waals surface area contributed by atoms with Crippen LogP contribution in [-0.4, -0.2) is 51.2 Å². The van der Waals surface area contributed by atoms with Gasteiger partial charge >= 0.3 is 10.2 Å². The molecule has 2 N–H and O–H groups in total. The van der Waals surface area contributed by atoms with Crippen molar-refractivity contribution in [2.75, 3.05) is 30.3 Å². The minimum Gasteiger partial charge on any atom is -0.350 e. The monoisotopic (exact) mass is 436 g/mol. The van der Waals surface area contributed by atoms with Gasteiger partial charge < -0.3 is 10.6 Å². The van der Waals surface area contributed by atoms with Crippen LogP contribution in [-0.2, 0) is 15.0 Å². The topological polar surface area (TPSA) is 98.8 Å². The maximum atomic E-state index is 13.3. The van der Waals surface area contributed by atoms with Gasteiger partial charge in [0, 0.05) is 20.1 Å². The first kappa shape index (κ1) is 23.3. The van der Waals surface area contributed by atoms with Crippen LogP contribution in [0.4, 0.5) is 15.8 Å². The van der Waals surface area contributed by atoms with Crippen LogP contribution in [0.1, 0.15) is 24.2 Å². The smallest absolute Gasteiger partial charge is 0.304 e. The molecule has 0 aliphatic rings. The highest BCUT2D eigenvalue weighted by molar-refractivity contribution is 7.90. The van der Waals surface area contributed by atoms with Gasteiger partial charge in [0.15, 0.2) is 0 Å². The van der Waals surface area contributed by atoms with Crippen LogP contribution in [0.2, 0.25) is 0 Å². The van der Waals surface area contributed by atoms with Crippen molar-refractivity contribution in [3.63, 3.8) is 0 Å². The van der Waals surface area contributed by atoms with E-state index in [2.05, 4.69) is 10.6 Å². The van der Waals surface area contributed by atoms with Gasteiger partial charge in [-0.3, -0.25) is 9.59 Å². The third kappa shape index (κ3) is 5.77. The van der Waals surface area contributed by atoms with Crippen molar-refractivity contribution in [2.24, 2.45) is 0 Å². The van der Waals surface area contributed by atoms with Crippen LogP contribution < -0.4 is 14.9 Å². The van der Waals surface area contributed by atoms with E-state index in [1.54, 1.807) is 24.3 Å². The molecule has 0 saturated carbocycles. The van der Waals surface area contributed by atoms with E-state index >= 15 is 0 Å². The number of nitrogens with zero attached hydrogens (tertiary/aromatic N) is 2. The van der Waals surface area contributed by atoms with Gasteiger partial charge in [-0.1, -0.05) is 12.1 Å². The fraction of sp³-hybridized carbons (Fsp3) is 0.300. The molecule has 0 spiro atoms. The van der Waals surface area contributed by atoms with Crippen molar-refractivity contribution < 1.29 is 22.4 Å². The predicted octanol–water partition coefficient (Wildman–Crippen LogP) is 2.22. The Bertz CT molecular complexity index is 1010. The number of hydrogen-bond acceptors (Lipinski definition) is 4. The standard InChI is InChI=1S/C20H25FN4O4S/c1-14(2)22-20(27)17-7-5-6-8-18(17)23-19(26)13-25(30(28,29)24(3)4)16-11-9-15(21)10-12-16/h5-12,14H,13H2,1-4H3,(H,22,27)(H,23,26). The van der Waals surface area contributed by atoms with Crippen LogP contribution in [0.5, 0.6) is 0 Å². The van der Waals surface area contributed by atoms with Crippen LogP contribution in [0.15, 0.2) is 48.5 Å². The molecule has 0 aliphatic carbocycles. The van der Waals surface area contributed by atoms with Crippen molar-refractivity contribution in [1.82, 2.24) is 9.62 Å². The van der Waals surface area contributed by atoms with E-state index in [0.717, 1.165) is 20.7 Å². The summed E-state index contributed by atoms with van der Waals surface area (Å²) in [6.07, 6.45) is 0. The number of nitrogens with one attached hydrogen (secondary N) is 2. The predicted molar refractivity (Wildman–Crippen MR) is 114 cm³/mol. The fourth-order valence-corrected chi connectivity index (χ4v) is 3.62. The number of para-hydroxylation sites is 1. The van der Waals surface area contributed by atoms with E-state index in [9.17, 15) is 22.4 Å². The molecule has 0 heterocycles. The van der Waals surface area contributed by atoms with Gasteiger partial charge in [-0.05, 0) is 50.2 Å². The molecule has 2 aromatic rings. The molecule has 0 radical (unpaired) electrons. The number of benzene rings is 2. The average Bonchev–Trinajstić information content (AvgIpc) is 2.66. The van der Waals surface area contributed by atoms with E-state index < -0.39 is 28.5 Å². The highest BCUT2D eigenvalue weighted by Gasteiger charge is 2.27. The second-order valence-corrected chi connectivity index (χ2v) is 9.06. The number of carbonyl (C=O) groups excluding carboxylic acids is 2. The van der Waals surface area contributed by atoms with Crippen molar-refractivity contribution in [2.45, 2.75) is 19.9 Å². The lowest BCUT2D eigenvalue weighted by molar-refractivity contribution is -0.114. The zero-order valence-corrected chi connectivity index (χ0v) is 18.0. The molecule has 0 bridgehead atoms. The Balaban J connectivity index is 2.30. The number of halogens is 1. The van der Waals surface area contributed by atoms with Crippen molar-refractivity contribution in [3.05, 3.63) is 59.9 Å². The SMILES string of the molecule is CC(C)NC(=O)c1ccccc1NC(=O)CN(c1ccc(F)cc1)S(=O)(=O)N(C)C. The number of carbonyl (C=O) groups is 2. The van der Waals surface area contributed by atoms with Crippen molar-refractivity contribution >= 4 is 33.4 Å². The molecule has 0 aromatic heterocycles. The highest BCUT2D eigenvalue weighted by atomic mass is 32.2. The lowest BCUT2D eigenvalue weighted by atomic mass is 10.1. The Kier molecular flexibility index (Phi) is 7.52. The number of hydrogen-bond donors (Lipinski definition) is 2. The summed E-state index contributed by atoms with van der Waals surface area (Å²) in [5.41, 5.74) is 0.636. The van der Waals surface area contributed by atoms with Gasteiger partial charge in [0.25, 0.3) is 5.91 Å². The van der Waals surface area contributed by atoms with Crippen LogP contribution >= 0.6 is 0 Å². The Morgan fingerprint density at radius 1 is 1.03 bits per heavy atom. The van der Waals surface area contributed by atoms with E-state index in [1.165, 1.54) is 26.2 Å². The molecule has 0 aliphatic heterocycles. The zero-order valence-electron chi connectivity index (χ0n) is 17.2. The molecule has 0 saturated heterocycles. The average molecular weight is 437 g/mol. The zero-order chi connectivity index (χ0) is 22.5. The largest absolute Gasteiger partial charge is 0.350 e. The molecule has 2 aromatic carbocycles. The molecule has 2 amide bonds. The molecular weight excluding hydrogens is 411 g/mol. The molecule has 0 unspecified atom stereocenters. The quantitative estimate of drug-likeness (QED) is 0.663. The first-order valence-corrected chi connectivity index (χ1v) is 10.6. The molecular formula is C20H25FN4O4S. The summed E-state index contributed by atoms with van der Waals surface area (Å²) in [6, 6.07) is 11.1. The molecule has 10 heteroatoms. The number of rotatable bonds is 8. The number of anilines is 2. The summed E-state index contributed by atoms with van der Waals surface area (Å²) < 4.78 is 40.5. The molecule has 2 rings (SSSR count). The second-order valence-electron chi connectivity index (χ2n) is 7.00. The minimum absolute atomic E-state index is 0.0968. The number of amides is 2. The lowest BCUT2D eigenvalue weighted by Crippen LogP contribution is -2.44. The highest BCUT2D eigenvalue weighted by Crippen LogP contribution is 2.21. The van der Waals surface area contributed by atoms with Crippen molar-refractivity contribution in [3.8, 4) is 0 Å². The van der Waals surface area contributed by atoms with Crippen LogP contribution in [0.3, 0.4) is 0 Å². The second kappa shape index (κ2) is 9.68. The Hall–Kier alpha value is -2.98. The third-order valence-corrected chi connectivity index (χ3v) is 5.83. The van der Waals surface area contributed by atoms with Crippen molar-refractivity contribution in [1.29, 1.82) is 0 Å².